The molecule has 0 bridgehead atoms. The van der Waals surface area contributed by atoms with Crippen LogP contribution in [0.2, 0.25) is 0 Å². The Morgan fingerprint density at radius 1 is 1.17 bits per heavy atom. The van der Waals surface area contributed by atoms with Crippen molar-refractivity contribution in [3.63, 3.8) is 0 Å². The van der Waals surface area contributed by atoms with Crippen LogP contribution in [0.1, 0.15) is 11.8 Å². The molecule has 3 heterocycles. The summed E-state index contributed by atoms with van der Waals surface area (Å²) in [5.74, 6) is -2.45. The van der Waals surface area contributed by atoms with E-state index in [1.54, 1.807) is 12.1 Å². The number of benzene rings is 1. The summed E-state index contributed by atoms with van der Waals surface area (Å²) in [6.45, 7) is -0.539. The zero-order chi connectivity index (χ0) is 29.8. The van der Waals surface area contributed by atoms with Crippen LogP contribution in [-0.4, -0.2) is 93.4 Å². The molecular formula is C25H29FN4O11. The van der Waals surface area contributed by atoms with E-state index in [0.29, 0.717) is 11.3 Å². The number of carbonyl (C=O) groups excluding carboxylic acids is 2. The number of nitrogens with zero attached hydrogens (tertiary/aromatic N) is 1. The highest BCUT2D eigenvalue weighted by molar-refractivity contribution is 6.02. The number of aliphatic hydroxyl groups is 3. The molecule has 0 spiro atoms. The Kier molecular flexibility index (Phi) is 9.31. The van der Waals surface area contributed by atoms with Crippen LogP contribution in [-0.2, 0) is 35.0 Å². The lowest BCUT2D eigenvalue weighted by Gasteiger charge is -2.35. The summed E-state index contributed by atoms with van der Waals surface area (Å²) in [4.78, 5) is 51.0. The fourth-order valence-corrected chi connectivity index (χ4v) is 4.44. The second-order valence-corrected chi connectivity index (χ2v) is 9.25. The van der Waals surface area contributed by atoms with Gasteiger partial charge in [0, 0.05) is 31.5 Å². The number of methoxy groups -OCH3 is 1. The molecule has 0 aliphatic carbocycles. The van der Waals surface area contributed by atoms with Crippen molar-refractivity contribution in [2.75, 3.05) is 19.1 Å². The van der Waals surface area contributed by atoms with Crippen LogP contribution in [0.25, 0.3) is 0 Å². The summed E-state index contributed by atoms with van der Waals surface area (Å²) in [5.41, 5.74) is 4.96. The second-order valence-electron chi connectivity index (χ2n) is 9.25. The number of nitrogens with two attached hydrogens (primary N) is 1. The minimum atomic E-state index is -1.83. The van der Waals surface area contributed by atoms with Gasteiger partial charge in [0.15, 0.2) is 18.1 Å². The predicted molar refractivity (Wildman–Crippen MR) is 136 cm³/mol. The Morgan fingerprint density at radius 2 is 1.88 bits per heavy atom. The van der Waals surface area contributed by atoms with Crippen molar-refractivity contribution in [2.24, 2.45) is 5.73 Å². The number of anilines is 1. The van der Waals surface area contributed by atoms with Gasteiger partial charge in [-0.1, -0.05) is 12.1 Å². The van der Waals surface area contributed by atoms with Gasteiger partial charge >= 0.3 is 5.69 Å². The van der Waals surface area contributed by atoms with Gasteiger partial charge < -0.3 is 45.3 Å². The lowest BCUT2D eigenvalue weighted by Crippen LogP contribution is -2.53. The van der Waals surface area contributed by atoms with Crippen molar-refractivity contribution in [3.8, 4) is 0 Å². The zero-order valence-electron chi connectivity index (χ0n) is 21.6. The maximum absolute atomic E-state index is 12.8. The first kappa shape index (κ1) is 30.0. The third-order valence-electron chi connectivity index (χ3n) is 6.52. The molecule has 16 heteroatoms. The Balaban J connectivity index is 1.52. The van der Waals surface area contributed by atoms with Crippen LogP contribution in [0.5, 0.6) is 0 Å². The molecule has 7 N–H and O–H groups in total. The number of H-pyrrole nitrogens is 1. The van der Waals surface area contributed by atoms with Crippen LogP contribution in [0.3, 0.4) is 0 Å². The summed E-state index contributed by atoms with van der Waals surface area (Å²) in [7, 11) is 1.19. The van der Waals surface area contributed by atoms with Gasteiger partial charge in [-0.3, -0.25) is 28.3 Å². The number of aromatic amines is 1. The monoisotopic (exact) mass is 580 g/mol. The molecule has 8 atom stereocenters. The Bertz CT molecular complexity index is 1390. The van der Waals surface area contributed by atoms with E-state index in [0.717, 1.165) is 22.9 Å². The summed E-state index contributed by atoms with van der Waals surface area (Å²) < 4.78 is 35.4. The van der Waals surface area contributed by atoms with E-state index in [1.807, 2.05) is 4.98 Å². The Morgan fingerprint density at radius 3 is 2.49 bits per heavy atom. The van der Waals surface area contributed by atoms with E-state index >= 15 is 0 Å². The van der Waals surface area contributed by atoms with Crippen LogP contribution in [0.15, 0.2) is 58.0 Å². The maximum atomic E-state index is 12.8. The number of amides is 2. The van der Waals surface area contributed by atoms with Crippen molar-refractivity contribution >= 4 is 17.5 Å². The van der Waals surface area contributed by atoms with Crippen LogP contribution < -0.4 is 22.3 Å². The van der Waals surface area contributed by atoms with E-state index in [2.05, 4.69) is 5.32 Å². The van der Waals surface area contributed by atoms with Gasteiger partial charge in [0.1, 0.15) is 30.5 Å². The second kappa shape index (κ2) is 12.7. The number of aromatic nitrogens is 2. The number of alkyl halides is 1. The Labute approximate surface area is 230 Å². The van der Waals surface area contributed by atoms with Crippen LogP contribution in [0, 0.1) is 0 Å². The molecule has 2 amide bonds. The number of carbonyl (C=O) groups is 2. The minimum absolute atomic E-state index is 0.209. The molecule has 41 heavy (non-hydrogen) atoms. The fraction of sp³-hybridized carbons (Fsp3) is 0.440. The number of rotatable bonds is 10. The smallest absolute Gasteiger partial charge is 0.330 e. The summed E-state index contributed by atoms with van der Waals surface area (Å²) in [6, 6.07) is 7.31. The molecule has 0 saturated carbocycles. The molecule has 1 aromatic carbocycles. The van der Waals surface area contributed by atoms with Crippen molar-refractivity contribution < 1.29 is 48.2 Å². The first-order valence-electron chi connectivity index (χ1n) is 12.4. The van der Waals surface area contributed by atoms with E-state index in [4.69, 9.17) is 24.7 Å². The standard InChI is InChI=1S/C25H29FN4O11/c1-38-18-17(34)23(30-9-7-15(32)29-25(30)37)40-19(18)20(21(27)35)41-24-16(33)13(31)10-14(39-24)22(36)28-12-4-2-11(3-5-12)6-8-26/h2-5,7,9-10,13,16-20,23-24,31,33-34H,6,8H2,1H3,(H2,27,35)(H,28,36)(H,29,32,37)/t13-,16-,17+,18-,19-,20+,23+,24+/m0/s1. The van der Waals surface area contributed by atoms with Gasteiger partial charge in [-0.25, -0.2) is 4.79 Å². The molecule has 2 aliphatic heterocycles. The molecule has 4 rings (SSSR count). The number of aryl methyl sites for hydroxylation is 1. The van der Waals surface area contributed by atoms with Crippen molar-refractivity contribution in [3.05, 3.63) is 74.8 Å². The van der Waals surface area contributed by atoms with Crippen molar-refractivity contribution in [1.29, 1.82) is 0 Å². The third kappa shape index (κ3) is 6.53. The fourth-order valence-electron chi connectivity index (χ4n) is 4.44. The summed E-state index contributed by atoms with van der Waals surface area (Å²) >= 11 is 0. The van der Waals surface area contributed by atoms with Gasteiger partial charge in [-0.05, 0) is 23.8 Å². The molecule has 1 fully saturated rings. The quantitative estimate of drug-likeness (QED) is 0.177. The molecular weight excluding hydrogens is 551 g/mol. The highest BCUT2D eigenvalue weighted by atomic mass is 19.1. The first-order valence-corrected chi connectivity index (χ1v) is 12.4. The predicted octanol–water partition coefficient (Wildman–Crippen LogP) is -2.21. The number of halogens is 1. The van der Waals surface area contributed by atoms with E-state index < -0.39 is 84.6 Å². The zero-order valence-corrected chi connectivity index (χ0v) is 21.6. The molecule has 15 nitrogen and oxygen atoms in total. The molecule has 2 aromatic rings. The topological polar surface area (TPSA) is 225 Å². The normalized spacial score (nSPS) is 28.4. The number of nitrogens with one attached hydrogen (secondary N) is 2. The van der Waals surface area contributed by atoms with Gasteiger partial charge in [0.05, 0.1) is 6.67 Å². The van der Waals surface area contributed by atoms with Crippen LogP contribution >= 0.6 is 0 Å². The van der Waals surface area contributed by atoms with Gasteiger partial charge in [-0.2, -0.15) is 0 Å². The molecule has 1 aromatic heterocycles. The van der Waals surface area contributed by atoms with Crippen LogP contribution in [0.4, 0.5) is 10.1 Å². The third-order valence-corrected chi connectivity index (χ3v) is 6.52. The van der Waals surface area contributed by atoms with E-state index in [-0.39, 0.29) is 6.42 Å². The summed E-state index contributed by atoms with van der Waals surface area (Å²) in [6.07, 6.45) is -10.7. The average Bonchev–Trinajstić information content (AvgIpc) is 3.25. The van der Waals surface area contributed by atoms with E-state index in [9.17, 15) is 38.9 Å². The van der Waals surface area contributed by atoms with Gasteiger partial charge in [0.25, 0.3) is 11.5 Å². The largest absolute Gasteiger partial charge is 0.456 e. The first-order chi connectivity index (χ1) is 19.5. The van der Waals surface area contributed by atoms with Crippen molar-refractivity contribution in [1.82, 2.24) is 9.55 Å². The number of primary amides is 1. The number of ether oxygens (including phenoxy) is 4. The number of hydrogen-bond donors (Lipinski definition) is 6. The molecule has 1 saturated heterocycles. The summed E-state index contributed by atoms with van der Waals surface area (Å²) in [5, 5.41) is 34.1. The van der Waals surface area contributed by atoms with E-state index in [1.165, 1.54) is 19.2 Å². The average molecular weight is 581 g/mol. The van der Waals surface area contributed by atoms with Gasteiger partial charge in [-0.15, -0.1) is 0 Å². The highest BCUT2D eigenvalue weighted by Gasteiger charge is 2.52. The van der Waals surface area contributed by atoms with Gasteiger partial charge in [0.2, 0.25) is 12.2 Å². The molecule has 2 aliphatic rings. The van der Waals surface area contributed by atoms with Crippen molar-refractivity contribution in [2.45, 2.75) is 55.6 Å². The minimum Gasteiger partial charge on any atom is -0.456 e. The molecule has 0 unspecified atom stereocenters. The SMILES string of the molecule is CO[C@H]1[C@@H](O)[C@H](n2ccc(=O)[nH]c2=O)O[C@@H]1[C@@H](O[C@H]1OC(C(=O)Nc2ccc(CCF)cc2)=C[C@H](O)[C@@H]1O)C(N)=O. The number of aliphatic hydroxyl groups excluding tert-OH is 3. The Hall–Kier alpha value is -3.93. The highest BCUT2D eigenvalue weighted by Crippen LogP contribution is 2.34. The molecule has 0 radical (unpaired) electrons. The molecule has 222 valence electrons. The maximum Gasteiger partial charge on any atom is 0.330 e. The number of hydrogen-bond acceptors (Lipinski definition) is 11. The lowest BCUT2D eigenvalue weighted by atomic mass is 10.0. The lowest BCUT2D eigenvalue weighted by molar-refractivity contribution is -0.241.